The van der Waals surface area contributed by atoms with Crippen molar-refractivity contribution < 1.29 is 4.79 Å². The Labute approximate surface area is 115 Å². The van der Waals surface area contributed by atoms with E-state index < -0.39 is 0 Å². The molecule has 1 fully saturated rings. The highest BCUT2D eigenvalue weighted by atomic mass is 35.5. The number of nitrogens with one attached hydrogen (secondary N) is 2. The van der Waals surface area contributed by atoms with Gasteiger partial charge in [0, 0.05) is 11.5 Å². The van der Waals surface area contributed by atoms with Crippen LogP contribution in [0.5, 0.6) is 0 Å². The van der Waals surface area contributed by atoms with Gasteiger partial charge in [-0.25, -0.2) is 0 Å². The molecule has 1 amide bonds. The first-order valence-corrected chi connectivity index (χ1v) is 6.28. The molecule has 1 aliphatic rings. The van der Waals surface area contributed by atoms with Crippen LogP contribution in [0.2, 0.25) is 0 Å². The van der Waals surface area contributed by atoms with Crippen molar-refractivity contribution in [2.75, 3.05) is 19.6 Å². The second-order valence-electron chi connectivity index (χ2n) is 4.58. The highest BCUT2D eigenvalue weighted by molar-refractivity contribution is 6.29. The van der Waals surface area contributed by atoms with Crippen LogP contribution in [-0.2, 0) is 4.79 Å². The van der Waals surface area contributed by atoms with E-state index in [0.29, 0.717) is 29.8 Å². The minimum absolute atomic E-state index is 0. The monoisotopic (exact) mass is 280 g/mol. The molecule has 0 bridgehead atoms. The van der Waals surface area contributed by atoms with Crippen molar-refractivity contribution in [1.82, 2.24) is 10.6 Å². The highest BCUT2D eigenvalue weighted by Gasteiger charge is 2.21. The van der Waals surface area contributed by atoms with Gasteiger partial charge in [0.2, 0.25) is 5.91 Å². The van der Waals surface area contributed by atoms with Crippen LogP contribution in [0.25, 0.3) is 0 Å². The Kier molecular flexibility index (Phi) is 8.66. The van der Waals surface area contributed by atoms with Gasteiger partial charge in [-0.2, -0.15) is 0 Å². The van der Waals surface area contributed by atoms with Crippen LogP contribution in [0.1, 0.15) is 26.2 Å². The molecule has 5 heteroatoms. The zero-order valence-electron chi connectivity index (χ0n) is 10.3. The van der Waals surface area contributed by atoms with Crippen LogP contribution < -0.4 is 10.6 Å². The fourth-order valence-corrected chi connectivity index (χ4v) is 2.16. The van der Waals surface area contributed by atoms with Crippen molar-refractivity contribution in [3.8, 4) is 0 Å². The lowest BCUT2D eigenvalue weighted by Crippen LogP contribution is -2.35. The van der Waals surface area contributed by atoms with Gasteiger partial charge in [-0.1, -0.05) is 25.1 Å². The molecule has 0 spiro atoms. The second kappa shape index (κ2) is 8.78. The standard InChI is InChI=1S/C12H21ClN2O.ClH/c1-9(11-4-3-5-14-8-11)6-12(16)15-7-10(2)13;/h9,11,14H,2-8H2,1H3,(H,15,16);1H. The molecule has 2 atom stereocenters. The van der Waals surface area contributed by atoms with Gasteiger partial charge in [-0.05, 0) is 37.8 Å². The SMILES string of the molecule is C=C(Cl)CNC(=O)CC(C)C1CCCNC1.Cl. The minimum Gasteiger partial charge on any atom is -0.351 e. The fraction of sp³-hybridized carbons (Fsp3) is 0.750. The zero-order chi connectivity index (χ0) is 12.0. The van der Waals surface area contributed by atoms with E-state index in [1.807, 2.05) is 0 Å². The molecule has 2 unspecified atom stereocenters. The number of hydrogen-bond acceptors (Lipinski definition) is 2. The molecular weight excluding hydrogens is 259 g/mol. The van der Waals surface area contributed by atoms with E-state index in [0.717, 1.165) is 13.1 Å². The lowest BCUT2D eigenvalue weighted by Gasteiger charge is -2.27. The van der Waals surface area contributed by atoms with E-state index >= 15 is 0 Å². The summed E-state index contributed by atoms with van der Waals surface area (Å²) in [5, 5.41) is 6.61. The number of carbonyl (C=O) groups is 1. The van der Waals surface area contributed by atoms with E-state index in [2.05, 4.69) is 24.1 Å². The summed E-state index contributed by atoms with van der Waals surface area (Å²) >= 11 is 5.59. The first kappa shape index (κ1) is 16.8. The quantitative estimate of drug-likeness (QED) is 0.812. The third-order valence-corrected chi connectivity index (χ3v) is 3.26. The van der Waals surface area contributed by atoms with Crippen molar-refractivity contribution in [1.29, 1.82) is 0 Å². The molecule has 100 valence electrons. The molecule has 3 nitrogen and oxygen atoms in total. The van der Waals surface area contributed by atoms with E-state index in [4.69, 9.17) is 11.6 Å². The molecule has 0 saturated carbocycles. The Hall–Kier alpha value is -0.250. The molecule has 1 rings (SSSR count). The normalized spacial score (nSPS) is 21.2. The Balaban J connectivity index is 0.00000256. The van der Waals surface area contributed by atoms with Crippen molar-refractivity contribution in [2.24, 2.45) is 11.8 Å². The van der Waals surface area contributed by atoms with E-state index in [9.17, 15) is 4.79 Å². The van der Waals surface area contributed by atoms with Crippen LogP contribution in [0, 0.1) is 11.8 Å². The maximum absolute atomic E-state index is 11.6. The van der Waals surface area contributed by atoms with Gasteiger partial charge in [0.15, 0.2) is 0 Å². The van der Waals surface area contributed by atoms with Gasteiger partial charge in [0.05, 0.1) is 6.54 Å². The average Bonchev–Trinajstić information content (AvgIpc) is 2.27. The first-order valence-electron chi connectivity index (χ1n) is 5.90. The first-order chi connectivity index (χ1) is 7.59. The zero-order valence-corrected chi connectivity index (χ0v) is 11.9. The van der Waals surface area contributed by atoms with Crippen LogP contribution in [0.4, 0.5) is 0 Å². The Morgan fingerprint density at radius 3 is 2.88 bits per heavy atom. The van der Waals surface area contributed by atoms with Crippen molar-refractivity contribution in [3.63, 3.8) is 0 Å². The number of halogens is 2. The smallest absolute Gasteiger partial charge is 0.220 e. The van der Waals surface area contributed by atoms with Gasteiger partial charge in [-0.15, -0.1) is 12.4 Å². The van der Waals surface area contributed by atoms with Crippen LogP contribution >= 0.6 is 24.0 Å². The average molecular weight is 281 g/mol. The van der Waals surface area contributed by atoms with Gasteiger partial charge in [0.25, 0.3) is 0 Å². The molecule has 0 aliphatic carbocycles. The number of piperidine rings is 1. The summed E-state index contributed by atoms with van der Waals surface area (Å²) in [5.41, 5.74) is 0. The molecule has 0 aromatic rings. The molecule has 0 aromatic heterocycles. The largest absolute Gasteiger partial charge is 0.351 e. The second-order valence-corrected chi connectivity index (χ2v) is 5.12. The molecule has 17 heavy (non-hydrogen) atoms. The predicted octanol–water partition coefficient (Wildman–Crippen LogP) is 2.30. The van der Waals surface area contributed by atoms with E-state index in [-0.39, 0.29) is 18.3 Å². The highest BCUT2D eigenvalue weighted by Crippen LogP contribution is 2.22. The van der Waals surface area contributed by atoms with Crippen LogP contribution in [0.3, 0.4) is 0 Å². The fourth-order valence-electron chi connectivity index (χ4n) is 2.09. The lowest BCUT2D eigenvalue weighted by molar-refractivity contribution is -0.122. The Bertz CT molecular complexity index is 253. The topological polar surface area (TPSA) is 41.1 Å². The molecule has 1 saturated heterocycles. The van der Waals surface area contributed by atoms with Crippen molar-refractivity contribution >= 4 is 29.9 Å². The van der Waals surface area contributed by atoms with Crippen molar-refractivity contribution in [3.05, 3.63) is 11.6 Å². The van der Waals surface area contributed by atoms with Crippen LogP contribution in [0.15, 0.2) is 11.6 Å². The Morgan fingerprint density at radius 1 is 1.65 bits per heavy atom. The number of carbonyl (C=O) groups excluding carboxylic acids is 1. The molecule has 1 heterocycles. The molecule has 2 N–H and O–H groups in total. The third kappa shape index (κ3) is 6.92. The molecule has 1 aliphatic heterocycles. The third-order valence-electron chi connectivity index (χ3n) is 3.12. The molecule has 0 radical (unpaired) electrons. The number of hydrogen-bond donors (Lipinski definition) is 2. The summed E-state index contributed by atoms with van der Waals surface area (Å²) < 4.78 is 0. The molecular formula is C12H22Cl2N2O. The van der Waals surface area contributed by atoms with E-state index in [1.54, 1.807) is 0 Å². The summed E-state index contributed by atoms with van der Waals surface area (Å²) in [6, 6.07) is 0. The van der Waals surface area contributed by atoms with Gasteiger partial charge in [0.1, 0.15) is 0 Å². The summed E-state index contributed by atoms with van der Waals surface area (Å²) in [6.45, 7) is 8.20. The number of amides is 1. The predicted molar refractivity (Wildman–Crippen MR) is 74.6 cm³/mol. The van der Waals surface area contributed by atoms with Gasteiger partial charge >= 0.3 is 0 Å². The minimum atomic E-state index is 0. The maximum Gasteiger partial charge on any atom is 0.220 e. The van der Waals surface area contributed by atoms with Crippen LogP contribution in [-0.4, -0.2) is 25.5 Å². The van der Waals surface area contributed by atoms with Gasteiger partial charge < -0.3 is 10.6 Å². The summed E-state index contributed by atoms with van der Waals surface area (Å²) in [7, 11) is 0. The number of rotatable bonds is 5. The molecule has 0 aromatic carbocycles. The lowest BCUT2D eigenvalue weighted by atomic mass is 9.85. The summed E-state index contributed by atoms with van der Waals surface area (Å²) in [6.07, 6.45) is 3.02. The summed E-state index contributed by atoms with van der Waals surface area (Å²) in [4.78, 5) is 11.6. The summed E-state index contributed by atoms with van der Waals surface area (Å²) in [5.74, 6) is 1.12. The Morgan fingerprint density at radius 2 is 2.35 bits per heavy atom. The van der Waals surface area contributed by atoms with E-state index in [1.165, 1.54) is 12.8 Å². The maximum atomic E-state index is 11.6. The van der Waals surface area contributed by atoms with Gasteiger partial charge in [-0.3, -0.25) is 4.79 Å². The van der Waals surface area contributed by atoms with Crippen molar-refractivity contribution in [2.45, 2.75) is 26.2 Å².